The zero-order valence-electron chi connectivity index (χ0n) is 6.99. The Bertz CT molecular complexity index is 134. The zero-order valence-corrected chi connectivity index (χ0v) is 6.99. The minimum atomic E-state index is -0.353. The molecule has 0 spiro atoms. The molecule has 0 saturated carbocycles. The summed E-state index contributed by atoms with van der Waals surface area (Å²) in [5.41, 5.74) is 0. The Hall–Kier alpha value is -0.340. The van der Waals surface area contributed by atoms with E-state index in [-0.39, 0.29) is 6.10 Å². The van der Waals surface area contributed by atoms with Crippen LogP contribution in [0, 0.1) is 11.8 Å². The van der Waals surface area contributed by atoms with Crippen molar-refractivity contribution in [1.29, 1.82) is 0 Å². The number of hydrogen-bond donors (Lipinski definition) is 1. The van der Waals surface area contributed by atoms with Gasteiger partial charge in [-0.05, 0) is 18.3 Å². The largest absolute Gasteiger partial charge is 0.389 e. The summed E-state index contributed by atoms with van der Waals surface area (Å²) >= 11 is 0. The predicted octanol–water partition coefficient (Wildman–Crippen LogP) is 1.21. The molecule has 1 saturated heterocycles. The van der Waals surface area contributed by atoms with E-state index < -0.39 is 0 Å². The third-order valence-corrected chi connectivity index (χ3v) is 2.39. The van der Waals surface area contributed by atoms with Crippen LogP contribution >= 0.6 is 0 Å². The quantitative estimate of drug-likeness (QED) is 0.609. The Labute approximate surface area is 67.9 Å². The second-order valence-electron chi connectivity index (χ2n) is 3.23. The number of rotatable bonds is 2. The molecule has 1 heterocycles. The van der Waals surface area contributed by atoms with Crippen molar-refractivity contribution in [2.45, 2.75) is 19.4 Å². The van der Waals surface area contributed by atoms with E-state index in [4.69, 9.17) is 4.74 Å². The van der Waals surface area contributed by atoms with Crippen molar-refractivity contribution < 1.29 is 9.84 Å². The highest BCUT2D eigenvalue weighted by Gasteiger charge is 2.26. The van der Waals surface area contributed by atoms with E-state index >= 15 is 0 Å². The van der Waals surface area contributed by atoms with Gasteiger partial charge in [-0.25, -0.2) is 0 Å². The summed E-state index contributed by atoms with van der Waals surface area (Å²) in [6.45, 7) is 7.24. The van der Waals surface area contributed by atoms with E-state index in [1.807, 2.05) is 0 Å². The molecule has 2 nitrogen and oxygen atoms in total. The second-order valence-corrected chi connectivity index (χ2v) is 3.23. The van der Waals surface area contributed by atoms with E-state index in [9.17, 15) is 5.11 Å². The molecule has 0 aromatic rings. The molecule has 1 N–H and O–H groups in total. The first kappa shape index (κ1) is 8.75. The SMILES string of the molecule is C=CC(O)C1CCOCC1C. The number of hydrogen-bond acceptors (Lipinski definition) is 2. The van der Waals surface area contributed by atoms with Crippen LogP contribution in [-0.4, -0.2) is 24.4 Å². The van der Waals surface area contributed by atoms with Gasteiger partial charge in [0.1, 0.15) is 0 Å². The zero-order chi connectivity index (χ0) is 8.27. The highest BCUT2D eigenvalue weighted by Crippen LogP contribution is 2.24. The van der Waals surface area contributed by atoms with Gasteiger partial charge in [-0.15, -0.1) is 6.58 Å². The maximum absolute atomic E-state index is 9.48. The van der Waals surface area contributed by atoms with Crippen molar-refractivity contribution in [2.24, 2.45) is 11.8 Å². The Morgan fingerprint density at radius 2 is 2.45 bits per heavy atom. The Morgan fingerprint density at radius 3 is 3.00 bits per heavy atom. The molecule has 0 radical (unpaired) electrons. The van der Waals surface area contributed by atoms with Crippen LogP contribution in [0.5, 0.6) is 0 Å². The van der Waals surface area contributed by atoms with Crippen LogP contribution in [0.2, 0.25) is 0 Å². The molecule has 11 heavy (non-hydrogen) atoms. The molecule has 0 aliphatic carbocycles. The van der Waals surface area contributed by atoms with Gasteiger partial charge in [-0.1, -0.05) is 13.0 Å². The highest BCUT2D eigenvalue weighted by molar-refractivity contribution is 4.87. The summed E-state index contributed by atoms with van der Waals surface area (Å²) in [7, 11) is 0. The third-order valence-electron chi connectivity index (χ3n) is 2.39. The molecule has 1 aliphatic rings. The Kier molecular flexibility index (Phi) is 3.09. The van der Waals surface area contributed by atoms with E-state index in [0.29, 0.717) is 11.8 Å². The Morgan fingerprint density at radius 1 is 1.73 bits per heavy atom. The molecule has 0 amide bonds. The number of aliphatic hydroxyl groups excluding tert-OH is 1. The van der Waals surface area contributed by atoms with Crippen molar-refractivity contribution in [3.05, 3.63) is 12.7 Å². The lowest BCUT2D eigenvalue weighted by Gasteiger charge is -2.30. The van der Waals surface area contributed by atoms with E-state index in [1.54, 1.807) is 6.08 Å². The summed E-state index contributed by atoms with van der Waals surface area (Å²) in [5.74, 6) is 0.804. The van der Waals surface area contributed by atoms with Gasteiger partial charge in [0.25, 0.3) is 0 Å². The smallest absolute Gasteiger partial charge is 0.0750 e. The third kappa shape index (κ3) is 2.04. The maximum Gasteiger partial charge on any atom is 0.0750 e. The first-order valence-electron chi connectivity index (χ1n) is 4.14. The molecule has 3 atom stereocenters. The van der Waals surface area contributed by atoms with E-state index in [2.05, 4.69) is 13.5 Å². The van der Waals surface area contributed by atoms with Gasteiger partial charge in [0.2, 0.25) is 0 Å². The van der Waals surface area contributed by atoms with Gasteiger partial charge in [-0.3, -0.25) is 0 Å². The van der Waals surface area contributed by atoms with E-state index in [1.165, 1.54) is 0 Å². The molecule has 3 unspecified atom stereocenters. The van der Waals surface area contributed by atoms with Gasteiger partial charge >= 0.3 is 0 Å². The molecule has 1 fully saturated rings. The van der Waals surface area contributed by atoms with Crippen molar-refractivity contribution in [1.82, 2.24) is 0 Å². The lowest BCUT2D eigenvalue weighted by atomic mass is 9.85. The first-order chi connectivity index (χ1) is 5.25. The van der Waals surface area contributed by atoms with Crippen molar-refractivity contribution in [3.8, 4) is 0 Å². The second kappa shape index (κ2) is 3.88. The molecule has 0 bridgehead atoms. The fourth-order valence-electron chi connectivity index (χ4n) is 1.58. The molecular formula is C9H16O2. The van der Waals surface area contributed by atoms with Crippen LogP contribution < -0.4 is 0 Å². The maximum atomic E-state index is 9.48. The fourth-order valence-corrected chi connectivity index (χ4v) is 1.58. The minimum absolute atomic E-state index is 0.348. The van der Waals surface area contributed by atoms with Crippen molar-refractivity contribution >= 4 is 0 Å². The first-order valence-corrected chi connectivity index (χ1v) is 4.14. The normalized spacial score (nSPS) is 34.7. The van der Waals surface area contributed by atoms with Crippen molar-refractivity contribution in [2.75, 3.05) is 13.2 Å². The summed E-state index contributed by atoms with van der Waals surface area (Å²) in [6, 6.07) is 0. The molecule has 64 valence electrons. The van der Waals surface area contributed by atoms with Gasteiger partial charge in [0.05, 0.1) is 6.10 Å². The molecule has 0 aromatic heterocycles. The van der Waals surface area contributed by atoms with Gasteiger partial charge in [-0.2, -0.15) is 0 Å². The molecule has 1 rings (SSSR count). The van der Waals surface area contributed by atoms with Crippen LogP contribution in [0.1, 0.15) is 13.3 Å². The van der Waals surface area contributed by atoms with Crippen molar-refractivity contribution in [3.63, 3.8) is 0 Å². The molecular weight excluding hydrogens is 140 g/mol. The standard InChI is InChI=1S/C9H16O2/c1-3-9(10)8-4-5-11-6-7(8)2/h3,7-10H,1,4-6H2,2H3. The summed E-state index contributed by atoms with van der Waals surface area (Å²) in [6.07, 6.45) is 2.22. The topological polar surface area (TPSA) is 29.5 Å². The fraction of sp³-hybridized carbons (Fsp3) is 0.778. The number of ether oxygens (including phenoxy) is 1. The van der Waals surface area contributed by atoms with Gasteiger partial charge < -0.3 is 9.84 Å². The summed E-state index contributed by atoms with van der Waals surface area (Å²) < 4.78 is 5.26. The number of aliphatic hydroxyl groups is 1. The molecule has 2 heteroatoms. The lowest BCUT2D eigenvalue weighted by molar-refractivity contribution is -0.0151. The molecule has 1 aliphatic heterocycles. The summed E-state index contributed by atoms with van der Waals surface area (Å²) in [4.78, 5) is 0. The molecule has 0 aromatic carbocycles. The predicted molar refractivity (Wildman–Crippen MR) is 44.3 cm³/mol. The van der Waals surface area contributed by atoms with Crippen LogP contribution in [0.3, 0.4) is 0 Å². The van der Waals surface area contributed by atoms with Gasteiger partial charge in [0, 0.05) is 13.2 Å². The van der Waals surface area contributed by atoms with Crippen LogP contribution in [0.15, 0.2) is 12.7 Å². The summed E-state index contributed by atoms with van der Waals surface area (Å²) in [5, 5.41) is 9.48. The van der Waals surface area contributed by atoms with E-state index in [0.717, 1.165) is 19.6 Å². The van der Waals surface area contributed by atoms with Crippen LogP contribution in [-0.2, 0) is 4.74 Å². The highest BCUT2D eigenvalue weighted by atomic mass is 16.5. The average Bonchev–Trinajstić information content (AvgIpc) is 2.04. The lowest BCUT2D eigenvalue weighted by Crippen LogP contribution is -2.33. The minimum Gasteiger partial charge on any atom is -0.389 e. The van der Waals surface area contributed by atoms with Crippen LogP contribution in [0.25, 0.3) is 0 Å². The Balaban J connectivity index is 2.46. The van der Waals surface area contributed by atoms with Crippen LogP contribution in [0.4, 0.5) is 0 Å². The monoisotopic (exact) mass is 156 g/mol. The van der Waals surface area contributed by atoms with Gasteiger partial charge in [0.15, 0.2) is 0 Å². The average molecular weight is 156 g/mol.